The molecule has 2 aromatic rings. The second kappa shape index (κ2) is 4.61. The number of aromatic amines is 1. The molecule has 2 rings (SSSR count). The molecule has 16 heavy (non-hydrogen) atoms. The van der Waals surface area contributed by atoms with E-state index in [1.807, 2.05) is 12.1 Å². The SMILES string of the molecule is NC(c1ccc(Cl)cc1)c1n[nH]c(CO)n1. The normalized spacial score (nSPS) is 12.7. The Bertz CT molecular complexity index is 468. The average molecular weight is 239 g/mol. The highest BCUT2D eigenvalue weighted by molar-refractivity contribution is 6.30. The van der Waals surface area contributed by atoms with Crippen LogP contribution in [-0.2, 0) is 6.61 Å². The molecule has 0 aliphatic heterocycles. The van der Waals surface area contributed by atoms with E-state index in [-0.39, 0.29) is 6.61 Å². The molecule has 1 aromatic heterocycles. The number of aromatic nitrogens is 3. The zero-order valence-electron chi connectivity index (χ0n) is 8.39. The fourth-order valence-electron chi connectivity index (χ4n) is 1.34. The summed E-state index contributed by atoms with van der Waals surface area (Å²) in [4.78, 5) is 4.05. The number of halogens is 1. The first-order chi connectivity index (χ1) is 7.70. The molecule has 0 saturated carbocycles. The summed E-state index contributed by atoms with van der Waals surface area (Å²) in [6.07, 6.45) is 0. The molecule has 0 aliphatic carbocycles. The standard InChI is InChI=1S/C10H11ClN4O/c11-7-3-1-6(2-4-7)9(12)10-13-8(5-16)14-15-10/h1-4,9,16H,5,12H2,(H,13,14,15). The number of nitrogens with zero attached hydrogens (tertiary/aromatic N) is 2. The Morgan fingerprint density at radius 1 is 1.38 bits per heavy atom. The van der Waals surface area contributed by atoms with Crippen molar-refractivity contribution in [3.8, 4) is 0 Å². The van der Waals surface area contributed by atoms with Gasteiger partial charge in [0.15, 0.2) is 5.82 Å². The van der Waals surface area contributed by atoms with E-state index >= 15 is 0 Å². The van der Waals surface area contributed by atoms with Crippen LogP contribution in [0.2, 0.25) is 5.02 Å². The van der Waals surface area contributed by atoms with Crippen LogP contribution in [0.1, 0.15) is 23.3 Å². The van der Waals surface area contributed by atoms with Gasteiger partial charge in [-0.2, -0.15) is 5.10 Å². The minimum Gasteiger partial charge on any atom is -0.388 e. The van der Waals surface area contributed by atoms with Crippen LogP contribution in [0.15, 0.2) is 24.3 Å². The van der Waals surface area contributed by atoms with E-state index < -0.39 is 6.04 Å². The maximum atomic E-state index is 8.85. The summed E-state index contributed by atoms with van der Waals surface area (Å²) in [6, 6.07) is 6.74. The van der Waals surface area contributed by atoms with Gasteiger partial charge in [0.05, 0.1) is 6.04 Å². The molecule has 1 unspecified atom stereocenters. The van der Waals surface area contributed by atoms with Gasteiger partial charge in [0.2, 0.25) is 0 Å². The largest absolute Gasteiger partial charge is 0.388 e. The average Bonchev–Trinajstić information content (AvgIpc) is 2.77. The Kier molecular flexibility index (Phi) is 3.19. The second-order valence-electron chi connectivity index (χ2n) is 3.33. The number of aliphatic hydroxyl groups excluding tert-OH is 1. The van der Waals surface area contributed by atoms with E-state index in [9.17, 15) is 0 Å². The molecule has 0 amide bonds. The molecule has 1 atom stereocenters. The van der Waals surface area contributed by atoms with Gasteiger partial charge in [-0.25, -0.2) is 4.98 Å². The van der Waals surface area contributed by atoms with Gasteiger partial charge in [-0.15, -0.1) is 0 Å². The molecular weight excluding hydrogens is 228 g/mol. The number of nitrogens with two attached hydrogens (primary N) is 1. The molecule has 4 N–H and O–H groups in total. The van der Waals surface area contributed by atoms with Crippen LogP contribution in [0.3, 0.4) is 0 Å². The van der Waals surface area contributed by atoms with Crippen LogP contribution in [0.5, 0.6) is 0 Å². The highest BCUT2D eigenvalue weighted by Crippen LogP contribution is 2.18. The zero-order valence-corrected chi connectivity index (χ0v) is 9.15. The third-order valence-corrected chi connectivity index (χ3v) is 2.46. The number of hydrogen-bond acceptors (Lipinski definition) is 4. The lowest BCUT2D eigenvalue weighted by molar-refractivity contribution is 0.271. The first kappa shape index (κ1) is 11.1. The second-order valence-corrected chi connectivity index (χ2v) is 3.76. The van der Waals surface area contributed by atoms with Crippen LogP contribution < -0.4 is 5.73 Å². The van der Waals surface area contributed by atoms with Gasteiger partial charge in [0.1, 0.15) is 12.4 Å². The van der Waals surface area contributed by atoms with Crippen molar-refractivity contribution in [2.24, 2.45) is 5.73 Å². The van der Waals surface area contributed by atoms with Crippen LogP contribution in [0.4, 0.5) is 0 Å². The lowest BCUT2D eigenvalue weighted by Gasteiger charge is -2.07. The third kappa shape index (κ3) is 2.21. The first-order valence-electron chi connectivity index (χ1n) is 4.74. The topological polar surface area (TPSA) is 87.8 Å². The van der Waals surface area contributed by atoms with Crippen molar-refractivity contribution in [1.29, 1.82) is 0 Å². The van der Waals surface area contributed by atoms with E-state index in [1.165, 1.54) is 0 Å². The van der Waals surface area contributed by atoms with Gasteiger partial charge < -0.3 is 10.8 Å². The Labute approximate surface area is 97.3 Å². The van der Waals surface area contributed by atoms with E-state index in [1.54, 1.807) is 12.1 Å². The van der Waals surface area contributed by atoms with E-state index in [0.717, 1.165) is 5.56 Å². The molecule has 0 saturated heterocycles. The molecule has 84 valence electrons. The summed E-state index contributed by atoms with van der Waals surface area (Å²) < 4.78 is 0. The number of benzene rings is 1. The molecule has 1 heterocycles. The van der Waals surface area contributed by atoms with Crippen LogP contribution >= 0.6 is 11.6 Å². The molecule has 0 fully saturated rings. The van der Waals surface area contributed by atoms with Gasteiger partial charge in [-0.1, -0.05) is 23.7 Å². The van der Waals surface area contributed by atoms with Gasteiger partial charge in [-0.3, -0.25) is 5.10 Å². The molecule has 6 heteroatoms. The van der Waals surface area contributed by atoms with E-state index in [4.69, 9.17) is 22.4 Å². The molecule has 0 radical (unpaired) electrons. The maximum Gasteiger partial charge on any atom is 0.171 e. The fourth-order valence-corrected chi connectivity index (χ4v) is 1.47. The fraction of sp³-hybridized carbons (Fsp3) is 0.200. The van der Waals surface area contributed by atoms with Crippen LogP contribution in [0, 0.1) is 0 Å². The predicted molar refractivity (Wildman–Crippen MR) is 59.8 cm³/mol. The Morgan fingerprint density at radius 2 is 2.06 bits per heavy atom. The number of rotatable bonds is 3. The summed E-state index contributed by atoms with van der Waals surface area (Å²) in [5, 5.41) is 16.0. The lowest BCUT2D eigenvalue weighted by Crippen LogP contribution is -2.13. The van der Waals surface area contributed by atoms with Crippen LogP contribution in [0.25, 0.3) is 0 Å². The smallest absolute Gasteiger partial charge is 0.171 e. The monoisotopic (exact) mass is 238 g/mol. The van der Waals surface area contributed by atoms with Crippen LogP contribution in [-0.4, -0.2) is 20.3 Å². The Hall–Kier alpha value is -1.43. The molecule has 5 nitrogen and oxygen atoms in total. The molecule has 0 spiro atoms. The Morgan fingerprint density at radius 3 is 2.62 bits per heavy atom. The Balaban J connectivity index is 2.24. The summed E-state index contributed by atoms with van der Waals surface area (Å²) in [7, 11) is 0. The van der Waals surface area contributed by atoms with Crippen molar-refractivity contribution in [1.82, 2.24) is 15.2 Å². The van der Waals surface area contributed by atoms with Gasteiger partial charge >= 0.3 is 0 Å². The minimum absolute atomic E-state index is 0.180. The summed E-state index contributed by atoms with van der Waals surface area (Å²) in [5.74, 6) is 0.853. The van der Waals surface area contributed by atoms with Crippen molar-refractivity contribution < 1.29 is 5.11 Å². The molecule has 1 aromatic carbocycles. The first-order valence-corrected chi connectivity index (χ1v) is 5.11. The predicted octanol–water partition coefficient (Wildman–Crippen LogP) is 0.999. The summed E-state index contributed by atoms with van der Waals surface area (Å²) in [5.41, 5.74) is 6.83. The van der Waals surface area contributed by atoms with Gasteiger partial charge in [0.25, 0.3) is 0 Å². The lowest BCUT2D eigenvalue weighted by atomic mass is 10.1. The number of nitrogens with one attached hydrogen (secondary N) is 1. The van der Waals surface area contributed by atoms with Crippen molar-refractivity contribution in [3.05, 3.63) is 46.5 Å². The van der Waals surface area contributed by atoms with Crippen molar-refractivity contribution in [2.75, 3.05) is 0 Å². The summed E-state index contributed by atoms with van der Waals surface area (Å²) >= 11 is 5.78. The number of hydrogen-bond donors (Lipinski definition) is 3. The minimum atomic E-state index is -0.422. The highest BCUT2D eigenvalue weighted by Gasteiger charge is 2.13. The van der Waals surface area contributed by atoms with E-state index in [0.29, 0.717) is 16.7 Å². The van der Waals surface area contributed by atoms with Crippen molar-refractivity contribution >= 4 is 11.6 Å². The molecule has 0 aliphatic rings. The molecular formula is C10H11ClN4O. The van der Waals surface area contributed by atoms with Crippen molar-refractivity contribution in [3.63, 3.8) is 0 Å². The zero-order chi connectivity index (χ0) is 11.5. The summed E-state index contributed by atoms with van der Waals surface area (Å²) in [6.45, 7) is -0.180. The third-order valence-electron chi connectivity index (χ3n) is 2.21. The van der Waals surface area contributed by atoms with Gasteiger partial charge in [0, 0.05) is 5.02 Å². The molecule has 0 bridgehead atoms. The highest BCUT2D eigenvalue weighted by atomic mass is 35.5. The van der Waals surface area contributed by atoms with Crippen molar-refractivity contribution in [2.45, 2.75) is 12.6 Å². The maximum absolute atomic E-state index is 8.85. The quantitative estimate of drug-likeness (QED) is 0.744. The van der Waals surface area contributed by atoms with E-state index in [2.05, 4.69) is 15.2 Å². The van der Waals surface area contributed by atoms with Gasteiger partial charge in [-0.05, 0) is 17.7 Å². The number of H-pyrrole nitrogens is 1. The number of aliphatic hydroxyl groups is 1.